The summed E-state index contributed by atoms with van der Waals surface area (Å²) in [5.41, 5.74) is 7.01. The number of benzene rings is 2. The van der Waals surface area contributed by atoms with Crippen LogP contribution in [0.15, 0.2) is 48.5 Å². The number of carboxylic acids is 1. The maximum absolute atomic E-state index is 12.8. The third-order valence-corrected chi connectivity index (χ3v) is 5.66. The van der Waals surface area contributed by atoms with Gasteiger partial charge in [-0.3, -0.25) is 9.59 Å². The normalized spacial score (nSPS) is 13.8. The zero-order valence-corrected chi connectivity index (χ0v) is 18.4. The number of nitrogens with one attached hydrogen (secondary N) is 1. The molecule has 0 aliphatic carbocycles. The molecule has 0 unspecified atom stereocenters. The number of carbonyl (C=O) groups excluding carboxylic acids is 1. The number of carbonyl (C=O) groups is 2. The minimum absolute atomic E-state index is 0.0259. The van der Waals surface area contributed by atoms with E-state index in [0.717, 1.165) is 45.1 Å². The van der Waals surface area contributed by atoms with Crippen molar-refractivity contribution < 1.29 is 19.4 Å². The molecule has 0 saturated carbocycles. The summed E-state index contributed by atoms with van der Waals surface area (Å²) < 4.78 is 7.56. The molecule has 0 radical (unpaired) electrons. The highest BCUT2D eigenvalue weighted by atomic mass is 16.5. The lowest BCUT2D eigenvalue weighted by atomic mass is 9.99. The predicted molar refractivity (Wildman–Crippen MR) is 126 cm³/mol. The Labute approximate surface area is 187 Å². The minimum atomic E-state index is -0.848. The Morgan fingerprint density at radius 1 is 1.12 bits per heavy atom. The van der Waals surface area contributed by atoms with Gasteiger partial charge in [-0.1, -0.05) is 24.3 Å². The number of aromatic nitrogens is 1. The van der Waals surface area contributed by atoms with Gasteiger partial charge in [0.25, 0.3) is 5.91 Å². The van der Waals surface area contributed by atoms with Gasteiger partial charge in [-0.25, -0.2) is 0 Å². The van der Waals surface area contributed by atoms with Crippen molar-refractivity contribution in [3.63, 3.8) is 0 Å². The molecular formula is C26H26N2O4. The number of carboxylic acid groups (broad SMARTS) is 1. The molecule has 1 amide bonds. The molecule has 0 bridgehead atoms. The number of fused-ring (bicyclic) bond motifs is 1. The van der Waals surface area contributed by atoms with Crippen molar-refractivity contribution in [3.05, 3.63) is 71.0 Å². The average Bonchev–Trinajstić information content (AvgIpc) is 3.21. The van der Waals surface area contributed by atoms with Crippen LogP contribution >= 0.6 is 0 Å². The maximum atomic E-state index is 12.8. The van der Waals surface area contributed by atoms with Crippen LogP contribution in [0, 0.1) is 13.8 Å². The first-order chi connectivity index (χ1) is 15.4. The monoisotopic (exact) mass is 430 g/mol. The van der Waals surface area contributed by atoms with Crippen LogP contribution < -0.4 is 10.1 Å². The quantitative estimate of drug-likeness (QED) is 0.509. The lowest BCUT2D eigenvalue weighted by molar-refractivity contribution is -0.137. The van der Waals surface area contributed by atoms with E-state index in [1.165, 1.54) is 0 Å². The molecule has 1 aromatic heterocycles. The van der Waals surface area contributed by atoms with Crippen molar-refractivity contribution >= 4 is 29.2 Å². The second kappa shape index (κ2) is 8.75. The lowest BCUT2D eigenvalue weighted by Gasteiger charge is -2.10. The van der Waals surface area contributed by atoms with Crippen LogP contribution in [-0.4, -0.2) is 28.2 Å². The first-order valence-electron chi connectivity index (χ1n) is 10.7. The molecule has 2 aromatic carbocycles. The van der Waals surface area contributed by atoms with Gasteiger partial charge >= 0.3 is 5.97 Å². The first-order valence-corrected chi connectivity index (χ1v) is 10.7. The van der Waals surface area contributed by atoms with E-state index in [2.05, 4.69) is 5.32 Å². The van der Waals surface area contributed by atoms with E-state index in [0.29, 0.717) is 18.7 Å². The molecule has 2 heterocycles. The fraction of sp³-hybridized carbons (Fsp3) is 0.231. The van der Waals surface area contributed by atoms with Gasteiger partial charge < -0.3 is 19.7 Å². The highest BCUT2D eigenvalue weighted by molar-refractivity contribution is 6.35. The Morgan fingerprint density at radius 2 is 1.91 bits per heavy atom. The van der Waals surface area contributed by atoms with Crippen molar-refractivity contribution in [2.45, 2.75) is 33.7 Å². The summed E-state index contributed by atoms with van der Waals surface area (Å²) in [6.45, 7) is 6.83. The summed E-state index contributed by atoms with van der Waals surface area (Å²) in [4.78, 5) is 23.9. The van der Waals surface area contributed by atoms with Crippen molar-refractivity contribution in [1.29, 1.82) is 0 Å². The Balaban J connectivity index is 1.71. The molecule has 1 aliphatic heterocycles. The van der Waals surface area contributed by atoms with Crippen LogP contribution in [0.1, 0.15) is 35.9 Å². The third kappa shape index (κ3) is 4.17. The van der Waals surface area contributed by atoms with Crippen molar-refractivity contribution in [2.24, 2.45) is 0 Å². The lowest BCUT2D eigenvalue weighted by Crippen LogP contribution is -2.09. The summed E-state index contributed by atoms with van der Waals surface area (Å²) >= 11 is 0. The Bertz CT molecular complexity index is 1240. The SMILES string of the molecule is CCOc1cccc(-c2ccc3c(c2)NC(=O)C3=Cc2c(C)cc(C)n2CCC(=O)O)c1. The number of nitrogens with zero attached hydrogens (tertiary/aromatic N) is 1. The van der Waals surface area contributed by atoms with Gasteiger partial charge in [0.2, 0.25) is 0 Å². The zero-order chi connectivity index (χ0) is 22.8. The number of hydrogen-bond acceptors (Lipinski definition) is 3. The van der Waals surface area contributed by atoms with Crippen molar-refractivity contribution in [2.75, 3.05) is 11.9 Å². The summed E-state index contributed by atoms with van der Waals surface area (Å²) in [5, 5.41) is 12.1. The topological polar surface area (TPSA) is 80.6 Å². The zero-order valence-electron chi connectivity index (χ0n) is 18.4. The maximum Gasteiger partial charge on any atom is 0.305 e. The summed E-state index contributed by atoms with van der Waals surface area (Å²) in [6.07, 6.45) is 1.89. The fourth-order valence-electron chi connectivity index (χ4n) is 4.15. The van der Waals surface area contributed by atoms with Crippen LogP contribution in [0.2, 0.25) is 0 Å². The van der Waals surface area contributed by atoms with Crippen LogP contribution in [0.3, 0.4) is 0 Å². The number of anilines is 1. The second-order valence-electron chi connectivity index (χ2n) is 7.88. The van der Waals surface area contributed by atoms with Gasteiger partial charge in [-0.2, -0.15) is 0 Å². The number of aryl methyl sites for hydroxylation is 2. The standard InChI is InChI=1S/C26H26N2O4/c1-4-32-20-7-5-6-18(13-20)19-8-9-21-22(26(31)27-23(21)14-19)15-24-16(2)12-17(3)28(24)11-10-25(29)30/h5-9,12-15H,4,10-11H2,1-3H3,(H,27,31)(H,29,30). The van der Waals surface area contributed by atoms with Gasteiger partial charge in [0, 0.05) is 29.2 Å². The molecular weight excluding hydrogens is 404 g/mol. The molecule has 6 heteroatoms. The van der Waals surface area contributed by atoms with E-state index >= 15 is 0 Å². The van der Waals surface area contributed by atoms with Crippen LogP contribution in [0.5, 0.6) is 5.75 Å². The first kappa shape index (κ1) is 21.4. The van der Waals surface area contributed by atoms with E-state index in [9.17, 15) is 9.59 Å². The molecule has 0 saturated heterocycles. The number of rotatable bonds is 7. The highest BCUT2D eigenvalue weighted by Crippen LogP contribution is 2.37. The Morgan fingerprint density at radius 3 is 2.66 bits per heavy atom. The fourth-order valence-corrected chi connectivity index (χ4v) is 4.15. The number of amides is 1. The molecule has 4 rings (SSSR count). The smallest absolute Gasteiger partial charge is 0.305 e. The number of ether oxygens (including phenoxy) is 1. The third-order valence-electron chi connectivity index (χ3n) is 5.66. The van der Waals surface area contributed by atoms with Gasteiger partial charge in [0.1, 0.15) is 5.75 Å². The molecule has 164 valence electrons. The molecule has 2 N–H and O–H groups in total. The summed E-state index contributed by atoms with van der Waals surface area (Å²) in [6, 6.07) is 15.8. The average molecular weight is 431 g/mol. The summed E-state index contributed by atoms with van der Waals surface area (Å²) in [5.74, 6) is -0.203. The van der Waals surface area contributed by atoms with E-state index in [-0.39, 0.29) is 12.3 Å². The van der Waals surface area contributed by atoms with E-state index < -0.39 is 5.97 Å². The van der Waals surface area contributed by atoms with Gasteiger partial charge in [0.05, 0.1) is 18.6 Å². The van der Waals surface area contributed by atoms with E-state index in [1.54, 1.807) is 0 Å². The second-order valence-corrected chi connectivity index (χ2v) is 7.88. The molecule has 32 heavy (non-hydrogen) atoms. The van der Waals surface area contributed by atoms with E-state index in [4.69, 9.17) is 9.84 Å². The Kier molecular flexibility index (Phi) is 5.86. The molecule has 0 atom stereocenters. The highest BCUT2D eigenvalue weighted by Gasteiger charge is 2.25. The Hall–Kier alpha value is -3.80. The van der Waals surface area contributed by atoms with Crippen molar-refractivity contribution in [1.82, 2.24) is 4.57 Å². The van der Waals surface area contributed by atoms with Gasteiger partial charge in [-0.05, 0) is 67.8 Å². The minimum Gasteiger partial charge on any atom is -0.494 e. The van der Waals surface area contributed by atoms with E-state index in [1.807, 2.05) is 79.9 Å². The van der Waals surface area contributed by atoms with Crippen LogP contribution in [-0.2, 0) is 16.1 Å². The predicted octanol–water partition coefficient (Wildman–Crippen LogP) is 5.14. The molecule has 1 aliphatic rings. The number of hydrogen-bond donors (Lipinski definition) is 2. The largest absolute Gasteiger partial charge is 0.494 e. The van der Waals surface area contributed by atoms with Crippen LogP contribution in [0.25, 0.3) is 22.8 Å². The van der Waals surface area contributed by atoms with Crippen molar-refractivity contribution in [3.8, 4) is 16.9 Å². The van der Waals surface area contributed by atoms with Crippen LogP contribution in [0.4, 0.5) is 5.69 Å². The van der Waals surface area contributed by atoms with Gasteiger partial charge in [0.15, 0.2) is 0 Å². The molecule has 6 nitrogen and oxygen atoms in total. The molecule has 0 fully saturated rings. The molecule has 3 aromatic rings. The van der Waals surface area contributed by atoms with Gasteiger partial charge in [-0.15, -0.1) is 0 Å². The summed E-state index contributed by atoms with van der Waals surface area (Å²) in [7, 11) is 0. The number of aliphatic carboxylic acids is 1. The molecule has 0 spiro atoms.